The zero-order valence-electron chi connectivity index (χ0n) is 20.9. The van der Waals surface area contributed by atoms with Gasteiger partial charge in [-0.05, 0) is 51.7 Å². The zero-order valence-corrected chi connectivity index (χ0v) is 20.9. The van der Waals surface area contributed by atoms with Crippen LogP contribution >= 0.6 is 0 Å². The summed E-state index contributed by atoms with van der Waals surface area (Å²) in [6.45, 7) is 1.87. The van der Waals surface area contributed by atoms with E-state index in [9.17, 15) is 33.6 Å². The predicted molar refractivity (Wildman–Crippen MR) is 124 cm³/mol. The minimum absolute atomic E-state index is 0.0114. The fourth-order valence-electron chi connectivity index (χ4n) is 5.62. The lowest BCUT2D eigenvalue weighted by molar-refractivity contribution is -0.482. The Morgan fingerprint density at radius 3 is 2.22 bits per heavy atom. The summed E-state index contributed by atoms with van der Waals surface area (Å²) in [5.41, 5.74) is -1.94. The number of ether oxygens (including phenoxy) is 3. The molecule has 37 heavy (non-hydrogen) atoms. The summed E-state index contributed by atoms with van der Waals surface area (Å²) in [6.07, 6.45) is -10.2. The number of nitrogens with one attached hydrogen (secondary N) is 3. The molecular weight excluding hydrogens is 499 g/mol. The number of aliphatic hydroxyl groups excluding tert-OH is 2. The summed E-state index contributed by atoms with van der Waals surface area (Å²) < 4.78 is 56.1. The average molecular weight is 536 g/mol. The van der Waals surface area contributed by atoms with Crippen molar-refractivity contribution in [3.8, 4) is 0 Å². The molecule has 0 unspecified atom stereocenters. The molecule has 210 valence electrons. The third-order valence-corrected chi connectivity index (χ3v) is 7.64. The standard InChI is InChI=1S/C24H36F3N3O7/c1-12-10-22(33,11-30-9-8-13-4-6-14(7-5-13)24(25,26)27)23(34)21(35-12)36-20-18(32)15(28-2)17(31)16(29-3)19(20)37-23/h4-7,12,15-21,28-34H,8-11H2,1-3H3/t12-,15-,16+,17+,18+,19-,20-,21+,22-,23-/m1/s1. The molecule has 13 heteroatoms. The van der Waals surface area contributed by atoms with Gasteiger partial charge in [0, 0.05) is 13.0 Å². The third kappa shape index (κ3) is 5.26. The minimum atomic E-state index is -4.41. The second-order valence-corrected chi connectivity index (χ2v) is 10.1. The number of aliphatic hydroxyl groups is 4. The first-order valence-electron chi connectivity index (χ1n) is 12.4. The maximum Gasteiger partial charge on any atom is 0.416 e. The van der Waals surface area contributed by atoms with Gasteiger partial charge in [0.15, 0.2) is 0 Å². The molecule has 3 fully saturated rings. The van der Waals surface area contributed by atoms with Gasteiger partial charge in [-0.1, -0.05) is 12.1 Å². The zero-order chi connectivity index (χ0) is 27.2. The van der Waals surface area contributed by atoms with Gasteiger partial charge in [0.1, 0.15) is 23.9 Å². The molecule has 0 spiro atoms. The number of benzene rings is 1. The number of hydrogen-bond acceptors (Lipinski definition) is 10. The molecule has 1 aliphatic carbocycles. The van der Waals surface area contributed by atoms with Crippen molar-refractivity contribution in [2.24, 2.45) is 0 Å². The van der Waals surface area contributed by atoms with Crippen LogP contribution in [0.5, 0.6) is 0 Å². The van der Waals surface area contributed by atoms with E-state index in [4.69, 9.17) is 14.2 Å². The molecule has 0 radical (unpaired) electrons. The van der Waals surface area contributed by atoms with Crippen LogP contribution in [0.25, 0.3) is 0 Å². The van der Waals surface area contributed by atoms with Crippen molar-refractivity contribution in [1.82, 2.24) is 16.0 Å². The highest BCUT2D eigenvalue weighted by molar-refractivity contribution is 5.24. The molecule has 1 saturated carbocycles. The molecule has 4 rings (SSSR count). The summed E-state index contributed by atoms with van der Waals surface area (Å²) in [4.78, 5) is 0. The molecule has 0 aromatic heterocycles. The maximum absolute atomic E-state index is 12.8. The SMILES string of the molecule is CN[C@@H]1[C@H](O)[C@H](NC)[C@H]2O[C@]3(O)[C@H](O[C@@H]2[C@H]1O)O[C@H](C)C[C@@]3(O)CNCCc1ccc(C(F)(F)F)cc1. The molecule has 3 aliphatic rings. The number of alkyl halides is 3. The molecule has 1 aromatic rings. The number of halogens is 3. The third-order valence-electron chi connectivity index (χ3n) is 7.64. The van der Waals surface area contributed by atoms with Gasteiger partial charge in [-0.25, -0.2) is 0 Å². The second kappa shape index (κ2) is 10.6. The Bertz CT molecular complexity index is 926. The fourth-order valence-corrected chi connectivity index (χ4v) is 5.62. The lowest BCUT2D eigenvalue weighted by Gasteiger charge is -2.60. The van der Waals surface area contributed by atoms with E-state index in [1.54, 1.807) is 21.0 Å². The van der Waals surface area contributed by atoms with Crippen LogP contribution in [-0.4, -0.2) is 108 Å². The van der Waals surface area contributed by atoms with Crippen molar-refractivity contribution < 1.29 is 47.8 Å². The van der Waals surface area contributed by atoms with Crippen molar-refractivity contribution >= 4 is 0 Å². The summed E-state index contributed by atoms with van der Waals surface area (Å²) >= 11 is 0. The van der Waals surface area contributed by atoms with Gasteiger partial charge in [0.05, 0.1) is 29.9 Å². The van der Waals surface area contributed by atoms with Gasteiger partial charge in [0.2, 0.25) is 12.1 Å². The summed E-state index contributed by atoms with van der Waals surface area (Å²) in [7, 11) is 3.20. The Kier molecular flexibility index (Phi) is 8.23. The lowest BCUT2D eigenvalue weighted by atomic mass is 9.77. The number of likely N-dealkylation sites (N-methyl/N-ethyl adjacent to an activating group) is 2. The van der Waals surface area contributed by atoms with Crippen LogP contribution in [0.1, 0.15) is 24.5 Å². The van der Waals surface area contributed by atoms with E-state index in [-0.39, 0.29) is 13.0 Å². The van der Waals surface area contributed by atoms with Crippen LogP contribution in [0.15, 0.2) is 24.3 Å². The van der Waals surface area contributed by atoms with E-state index in [1.165, 1.54) is 12.1 Å². The number of fused-ring (bicyclic) bond motifs is 2. The smallest absolute Gasteiger partial charge is 0.390 e. The highest BCUT2D eigenvalue weighted by Gasteiger charge is 2.68. The van der Waals surface area contributed by atoms with Crippen molar-refractivity contribution in [3.05, 3.63) is 35.4 Å². The number of hydrogen-bond donors (Lipinski definition) is 7. The maximum atomic E-state index is 12.8. The van der Waals surface area contributed by atoms with Crippen LogP contribution in [0, 0.1) is 0 Å². The van der Waals surface area contributed by atoms with E-state index in [2.05, 4.69) is 16.0 Å². The molecule has 10 atom stereocenters. The normalized spacial score (nSPS) is 42.2. The van der Waals surface area contributed by atoms with E-state index in [0.29, 0.717) is 18.5 Å². The highest BCUT2D eigenvalue weighted by atomic mass is 19.4. The molecule has 7 N–H and O–H groups in total. The Labute approximate surface area is 213 Å². The van der Waals surface area contributed by atoms with Crippen LogP contribution < -0.4 is 16.0 Å². The quantitative estimate of drug-likeness (QED) is 0.219. The highest BCUT2D eigenvalue weighted by Crippen LogP contribution is 2.46. The molecule has 2 saturated heterocycles. The van der Waals surface area contributed by atoms with Crippen LogP contribution in [0.4, 0.5) is 13.2 Å². The van der Waals surface area contributed by atoms with Crippen molar-refractivity contribution in [2.45, 2.75) is 86.2 Å². The molecule has 10 nitrogen and oxygen atoms in total. The second-order valence-electron chi connectivity index (χ2n) is 10.1. The van der Waals surface area contributed by atoms with Crippen LogP contribution in [-0.2, 0) is 26.8 Å². The van der Waals surface area contributed by atoms with Crippen molar-refractivity contribution in [1.29, 1.82) is 0 Å². The van der Waals surface area contributed by atoms with Gasteiger partial charge in [-0.3, -0.25) is 0 Å². The van der Waals surface area contributed by atoms with E-state index in [0.717, 1.165) is 12.1 Å². The Morgan fingerprint density at radius 1 is 0.973 bits per heavy atom. The van der Waals surface area contributed by atoms with Crippen LogP contribution in [0.3, 0.4) is 0 Å². The molecule has 1 aromatic carbocycles. The van der Waals surface area contributed by atoms with Gasteiger partial charge >= 0.3 is 6.18 Å². The predicted octanol–water partition coefficient (Wildman–Crippen LogP) is -0.912. The first-order valence-corrected chi connectivity index (χ1v) is 12.4. The van der Waals surface area contributed by atoms with Gasteiger partial charge in [-0.15, -0.1) is 0 Å². The van der Waals surface area contributed by atoms with Crippen LogP contribution in [0.2, 0.25) is 0 Å². The Hall–Kier alpha value is -1.39. The van der Waals surface area contributed by atoms with Gasteiger partial charge in [-0.2, -0.15) is 13.2 Å². The fraction of sp³-hybridized carbons (Fsp3) is 0.750. The molecular formula is C24H36F3N3O7. The van der Waals surface area contributed by atoms with E-state index >= 15 is 0 Å². The topological polar surface area (TPSA) is 145 Å². The van der Waals surface area contributed by atoms with Crippen molar-refractivity contribution in [2.75, 3.05) is 27.2 Å². The Morgan fingerprint density at radius 2 is 1.62 bits per heavy atom. The molecule has 0 bridgehead atoms. The Balaban J connectivity index is 1.46. The minimum Gasteiger partial charge on any atom is -0.390 e. The first-order chi connectivity index (χ1) is 17.3. The van der Waals surface area contributed by atoms with E-state index < -0.39 is 72.0 Å². The van der Waals surface area contributed by atoms with E-state index in [1.807, 2.05) is 0 Å². The molecule has 2 heterocycles. The first kappa shape index (κ1) is 28.6. The lowest BCUT2D eigenvalue weighted by Crippen LogP contribution is -2.81. The largest absolute Gasteiger partial charge is 0.416 e. The monoisotopic (exact) mass is 535 g/mol. The molecule has 0 amide bonds. The average Bonchev–Trinajstić information content (AvgIpc) is 2.82. The van der Waals surface area contributed by atoms with Gasteiger partial charge < -0.3 is 50.6 Å². The molecule has 2 aliphatic heterocycles. The number of rotatable bonds is 7. The van der Waals surface area contributed by atoms with Gasteiger partial charge in [0.25, 0.3) is 0 Å². The summed E-state index contributed by atoms with van der Waals surface area (Å²) in [5.74, 6) is -2.33. The summed E-state index contributed by atoms with van der Waals surface area (Å²) in [6, 6.07) is 3.35. The summed E-state index contributed by atoms with van der Waals surface area (Å²) in [5, 5.41) is 53.7. The van der Waals surface area contributed by atoms with Crippen molar-refractivity contribution in [3.63, 3.8) is 0 Å².